The third kappa shape index (κ3) is 3.82. The summed E-state index contributed by atoms with van der Waals surface area (Å²) in [6.45, 7) is 2.23. The van der Waals surface area contributed by atoms with E-state index in [1.807, 2.05) is 29.2 Å². The smallest absolute Gasteiger partial charge is 0.274 e. The van der Waals surface area contributed by atoms with Crippen LogP contribution >= 0.6 is 11.3 Å². The number of thiazole rings is 1. The van der Waals surface area contributed by atoms with E-state index in [4.69, 9.17) is 4.74 Å². The van der Waals surface area contributed by atoms with Gasteiger partial charge in [-0.05, 0) is 49.9 Å². The number of benzene rings is 1. The Morgan fingerprint density at radius 2 is 1.89 bits per heavy atom. The molecule has 1 aromatic carbocycles. The van der Waals surface area contributed by atoms with Crippen molar-refractivity contribution < 1.29 is 14.3 Å². The highest BCUT2D eigenvalue weighted by Gasteiger charge is 2.38. The van der Waals surface area contributed by atoms with Crippen molar-refractivity contribution in [1.29, 1.82) is 0 Å². The summed E-state index contributed by atoms with van der Waals surface area (Å²) in [5.74, 6) is 0.715. The molecule has 148 valence electrons. The molecule has 8 heteroatoms. The van der Waals surface area contributed by atoms with E-state index in [0.717, 1.165) is 50.2 Å². The fourth-order valence-corrected chi connectivity index (χ4v) is 4.49. The Bertz CT molecular complexity index is 845. The molecule has 2 aliphatic heterocycles. The van der Waals surface area contributed by atoms with Crippen LogP contribution in [0, 0.1) is 0 Å². The molecule has 0 radical (unpaired) electrons. The fraction of sp³-hybridized carbons (Fsp3) is 0.450. The summed E-state index contributed by atoms with van der Waals surface area (Å²) < 4.78 is 5.16. The second-order valence-electron chi connectivity index (χ2n) is 7.08. The van der Waals surface area contributed by atoms with E-state index in [1.165, 1.54) is 11.3 Å². The van der Waals surface area contributed by atoms with Gasteiger partial charge in [-0.1, -0.05) is 0 Å². The second-order valence-corrected chi connectivity index (χ2v) is 7.94. The monoisotopic (exact) mass is 400 g/mol. The molecule has 1 aromatic heterocycles. The van der Waals surface area contributed by atoms with E-state index in [1.54, 1.807) is 17.4 Å². The van der Waals surface area contributed by atoms with Gasteiger partial charge in [0.15, 0.2) is 5.13 Å². The lowest BCUT2D eigenvalue weighted by molar-refractivity contribution is -0.134. The summed E-state index contributed by atoms with van der Waals surface area (Å²) in [5.41, 5.74) is 1.26. The Morgan fingerprint density at radius 1 is 1.14 bits per heavy atom. The number of amides is 2. The quantitative estimate of drug-likeness (QED) is 0.835. The molecule has 28 heavy (non-hydrogen) atoms. The fourth-order valence-electron chi connectivity index (χ4n) is 3.79. The van der Waals surface area contributed by atoms with Gasteiger partial charge in [-0.3, -0.25) is 9.59 Å². The second kappa shape index (κ2) is 8.18. The van der Waals surface area contributed by atoms with Gasteiger partial charge >= 0.3 is 0 Å². The standard InChI is InChI=1S/C20H24N4O3S/c1-27-15-8-6-14(7-9-15)21-20-22-16(13-28-20)18(25)24-12-4-5-17(24)19(26)23-10-2-3-11-23/h6-9,13,17H,2-5,10-12H2,1H3,(H,21,22). The topological polar surface area (TPSA) is 74.8 Å². The first-order chi connectivity index (χ1) is 13.7. The number of hydrogen-bond donors (Lipinski definition) is 1. The number of hydrogen-bond acceptors (Lipinski definition) is 6. The van der Waals surface area contributed by atoms with Crippen molar-refractivity contribution >= 4 is 34.0 Å². The lowest BCUT2D eigenvalue weighted by Crippen LogP contribution is -2.47. The van der Waals surface area contributed by atoms with Crippen LogP contribution in [0.1, 0.15) is 36.2 Å². The average Bonchev–Trinajstić information content (AvgIpc) is 3.49. The van der Waals surface area contributed by atoms with E-state index >= 15 is 0 Å². The van der Waals surface area contributed by atoms with Gasteiger partial charge in [0.25, 0.3) is 5.91 Å². The lowest BCUT2D eigenvalue weighted by Gasteiger charge is -2.27. The maximum absolute atomic E-state index is 13.0. The van der Waals surface area contributed by atoms with Crippen LogP contribution < -0.4 is 10.1 Å². The number of carbonyl (C=O) groups is 2. The van der Waals surface area contributed by atoms with Gasteiger partial charge in [-0.15, -0.1) is 11.3 Å². The minimum atomic E-state index is -0.342. The molecule has 2 fully saturated rings. The minimum Gasteiger partial charge on any atom is -0.497 e. The Hall–Kier alpha value is -2.61. The molecule has 2 amide bonds. The van der Waals surface area contributed by atoms with Crippen LogP contribution in [0.2, 0.25) is 0 Å². The highest BCUT2D eigenvalue weighted by Crippen LogP contribution is 2.27. The number of ether oxygens (including phenoxy) is 1. The molecular weight excluding hydrogens is 376 g/mol. The molecule has 0 bridgehead atoms. The molecule has 1 unspecified atom stereocenters. The molecule has 1 atom stereocenters. The van der Waals surface area contributed by atoms with Crippen molar-refractivity contribution in [3.8, 4) is 5.75 Å². The largest absolute Gasteiger partial charge is 0.497 e. The van der Waals surface area contributed by atoms with E-state index in [0.29, 0.717) is 17.4 Å². The van der Waals surface area contributed by atoms with Crippen LogP contribution in [0.15, 0.2) is 29.6 Å². The summed E-state index contributed by atoms with van der Waals surface area (Å²) in [7, 11) is 1.63. The van der Waals surface area contributed by atoms with Crippen molar-refractivity contribution in [2.24, 2.45) is 0 Å². The zero-order valence-corrected chi connectivity index (χ0v) is 16.7. The molecule has 2 aromatic rings. The van der Waals surface area contributed by atoms with Gasteiger partial charge in [0.05, 0.1) is 7.11 Å². The number of carbonyl (C=O) groups excluding carboxylic acids is 2. The molecule has 0 spiro atoms. The first-order valence-electron chi connectivity index (χ1n) is 9.62. The van der Waals surface area contributed by atoms with Crippen molar-refractivity contribution in [2.45, 2.75) is 31.7 Å². The van der Waals surface area contributed by atoms with E-state index < -0.39 is 0 Å². The highest BCUT2D eigenvalue weighted by atomic mass is 32.1. The van der Waals surface area contributed by atoms with Gasteiger partial charge in [0.1, 0.15) is 17.5 Å². The molecule has 3 heterocycles. The Balaban J connectivity index is 1.43. The predicted octanol–water partition coefficient (Wildman–Crippen LogP) is 3.12. The van der Waals surface area contributed by atoms with Gasteiger partial charge in [0, 0.05) is 30.7 Å². The van der Waals surface area contributed by atoms with E-state index in [9.17, 15) is 9.59 Å². The van der Waals surface area contributed by atoms with Crippen LogP contribution in [0.4, 0.5) is 10.8 Å². The highest BCUT2D eigenvalue weighted by molar-refractivity contribution is 7.14. The number of aromatic nitrogens is 1. The molecular formula is C20H24N4O3S. The summed E-state index contributed by atoms with van der Waals surface area (Å²) in [6, 6.07) is 7.17. The molecule has 0 saturated carbocycles. The zero-order chi connectivity index (χ0) is 19.5. The van der Waals surface area contributed by atoms with E-state index in [-0.39, 0.29) is 17.9 Å². The van der Waals surface area contributed by atoms with Gasteiger partial charge < -0.3 is 19.9 Å². The number of nitrogens with one attached hydrogen (secondary N) is 1. The van der Waals surface area contributed by atoms with Crippen molar-refractivity contribution in [2.75, 3.05) is 32.1 Å². The SMILES string of the molecule is COc1ccc(Nc2nc(C(=O)N3CCCC3C(=O)N3CCCC3)cs2)cc1. The number of methoxy groups -OCH3 is 1. The maximum atomic E-state index is 13.0. The molecule has 1 N–H and O–H groups in total. The van der Waals surface area contributed by atoms with Crippen LogP contribution in [-0.2, 0) is 4.79 Å². The summed E-state index contributed by atoms with van der Waals surface area (Å²) in [4.78, 5) is 33.8. The Kier molecular flexibility index (Phi) is 5.47. The summed E-state index contributed by atoms with van der Waals surface area (Å²) in [6.07, 6.45) is 3.71. The normalized spacial score (nSPS) is 19.1. The third-order valence-electron chi connectivity index (χ3n) is 5.28. The molecule has 0 aliphatic carbocycles. The molecule has 7 nitrogen and oxygen atoms in total. The predicted molar refractivity (Wildman–Crippen MR) is 108 cm³/mol. The zero-order valence-electron chi connectivity index (χ0n) is 15.9. The molecule has 4 rings (SSSR count). The first kappa shape index (κ1) is 18.7. The number of rotatable bonds is 5. The Morgan fingerprint density at radius 3 is 2.61 bits per heavy atom. The number of likely N-dealkylation sites (tertiary alicyclic amines) is 2. The number of anilines is 2. The number of nitrogens with zero attached hydrogens (tertiary/aromatic N) is 3. The van der Waals surface area contributed by atoms with Crippen molar-refractivity contribution in [3.63, 3.8) is 0 Å². The maximum Gasteiger partial charge on any atom is 0.274 e. The summed E-state index contributed by atoms with van der Waals surface area (Å²) >= 11 is 1.38. The summed E-state index contributed by atoms with van der Waals surface area (Å²) in [5, 5.41) is 5.61. The Labute approximate surface area is 168 Å². The van der Waals surface area contributed by atoms with Crippen LogP contribution in [0.25, 0.3) is 0 Å². The minimum absolute atomic E-state index is 0.0927. The third-order valence-corrected chi connectivity index (χ3v) is 6.04. The molecule has 2 saturated heterocycles. The van der Waals surface area contributed by atoms with Gasteiger partial charge in [-0.25, -0.2) is 4.98 Å². The lowest BCUT2D eigenvalue weighted by atomic mass is 10.2. The van der Waals surface area contributed by atoms with Crippen molar-refractivity contribution in [1.82, 2.24) is 14.8 Å². The van der Waals surface area contributed by atoms with E-state index in [2.05, 4.69) is 10.3 Å². The van der Waals surface area contributed by atoms with Gasteiger partial charge in [0.2, 0.25) is 5.91 Å². The van der Waals surface area contributed by atoms with Crippen LogP contribution in [-0.4, -0.2) is 59.4 Å². The first-order valence-corrected chi connectivity index (χ1v) is 10.5. The average molecular weight is 401 g/mol. The molecule has 2 aliphatic rings. The van der Waals surface area contributed by atoms with Gasteiger partial charge in [-0.2, -0.15) is 0 Å². The van der Waals surface area contributed by atoms with Crippen molar-refractivity contribution in [3.05, 3.63) is 35.3 Å². The van der Waals surface area contributed by atoms with Crippen LogP contribution in [0.5, 0.6) is 5.75 Å². The van der Waals surface area contributed by atoms with Crippen LogP contribution in [0.3, 0.4) is 0 Å².